The second-order valence-electron chi connectivity index (χ2n) is 5.80. The average molecular weight is 289 g/mol. The van der Waals surface area contributed by atoms with E-state index < -0.39 is 6.43 Å². The van der Waals surface area contributed by atoms with E-state index in [4.69, 9.17) is 0 Å². The van der Waals surface area contributed by atoms with Crippen LogP contribution in [-0.4, -0.2) is 67.9 Å². The van der Waals surface area contributed by atoms with Gasteiger partial charge < -0.3 is 10.2 Å². The van der Waals surface area contributed by atoms with Gasteiger partial charge in [0.25, 0.3) is 6.43 Å². The number of alkyl halides is 2. The monoisotopic (exact) mass is 289 g/mol. The first kappa shape index (κ1) is 15.6. The van der Waals surface area contributed by atoms with Gasteiger partial charge in [0.05, 0.1) is 6.54 Å². The molecule has 6 heteroatoms. The Morgan fingerprint density at radius 2 is 1.80 bits per heavy atom. The third-order valence-electron chi connectivity index (χ3n) is 4.35. The van der Waals surface area contributed by atoms with E-state index in [1.54, 1.807) is 4.90 Å². The Bertz CT molecular complexity index is 301. The third-order valence-corrected chi connectivity index (χ3v) is 4.35. The molecule has 0 aromatic heterocycles. The maximum absolute atomic E-state index is 12.3. The molecule has 2 aliphatic heterocycles. The van der Waals surface area contributed by atoms with Crippen molar-refractivity contribution in [2.75, 3.05) is 45.8 Å². The van der Waals surface area contributed by atoms with Gasteiger partial charge in [0.15, 0.2) is 0 Å². The Balaban J connectivity index is 1.64. The minimum absolute atomic E-state index is 0.170. The summed E-state index contributed by atoms with van der Waals surface area (Å²) >= 11 is 0. The van der Waals surface area contributed by atoms with Crippen LogP contribution in [0.4, 0.5) is 8.78 Å². The van der Waals surface area contributed by atoms with E-state index in [0.717, 1.165) is 32.4 Å². The summed E-state index contributed by atoms with van der Waals surface area (Å²) < 4.78 is 24.5. The number of nitrogens with one attached hydrogen (secondary N) is 1. The van der Waals surface area contributed by atoms with Gasteiger partial charge in [-0.3, -0.25) is 9.69 Å². The van der Waals surface area contributed by atoms with Crippen LogP contribution in [0.5, 0.6) is 0 Å². The lowest BCUT2D eigenvalue weighted by molar-refractivity contribution is -0.133. The van der Waals surface area contributed by atoms with Crippen LogP contribution in [0.3, 0.4) is 0 Å². The van der Waals surface area contributed by atoms with Gasteiger partial charge in [-0.25, -0.2) is 8.78 Å². The molecular weight excluding hydrogens is 264 g/mol. The highest BCUT2D eigenvalue weighted by Gasteiger charge is 2.23. The van der Waals surface area contributed by atoms with Gasteiger partial charge in [-0.05, 0) is 38.3 Å². The average Bonchev–Trinajstić information content (AvgIpc) is 2.46. The van der Waals surface area contributed by atoms with Crippen LogP contribution in [0.25, 0.3) is 0 Å². The van der Waals surface area contributed by atoms with E-state index in [1.807, 2.05) is 4.90 Å². The van der Waals surface area contributed by atoms with Gasteiger partial charge in [0, 0.05) is 32.6 Å². The molecule has 2 aliphatic rings. The molecule has 2 rings (SSSR count). The Kier molecular flexibility index (Phi) is 6.16. The van der Waals surface area contributed by atoms with Crippen LogP contribution in [-0.2, 0) is 4.79 Å². The Hall–Kier alpha value is -0.750. The zero-order valence-corrected chi connectivity index (χ0v) is 12.0. The molecule has 116 valence electrons. The van der Waals surface area contributed by atoms with Crippen molar-refractivity contribution >= 4 is 5.91 Å². The molecular formula is C14H25F2N3O. The molecule has 0 bridgehead atoms. The summed E-state index contributed by atoms with van der Waals surface area (Å²) in [5.41, 5.74) is 0. The van der Waals surface area contributed by atoms with E-state index in [2.05, 4.69) is 5.32 Å². The number of piperazine rings is 1. The molecule has 1 amide bonds. The normalized spacial score (nSPS) is 22.4. The number of carbonyl (C=O) groups is 1. The van der Waals surface area contributed by atoms with Crippen LogP contribution in [0, 0.1) is 5.92 Å². The summed E-state index contributed by atoms with van der Waals surface area (Å²) in [6.07, 6.45) is 1.62. The van der Waals surface area contributed by atoms with Gasteiger partial charge in [0.1, 0.15) is 0 Å². The molecule has 0 aromatic rings. The zero-order chi connectivity index (χ0) is 14.4. The van der Waals surface area contributed by atoms with Gasteiger partial charge in [-0.1, -0.05) is 0 Å². The topological polar surface area (TPSA) is 35.6 Å². The van der Waals surface area contributed by atoms with Crippen molar-refractivity contribution in [3.63, 3.8) is 0 Å². The van der Waals surface area contributed by atoms with Gasteiger partial charge >= 0.3 is 0 Å². The summed E-state index contributed by atoms with van der Waals surface area (Å²) in [5, 5.41) is 3.32. The smallest absolute Gasteiger partial charge is 0.251 e. The number of rotatable bonds is 5. The largest absolute Gasteiger partial charge is 0.340 e. The lowest BCUT2D eigenvalue weighted by Gasteiger charge is -2.35. The van der Waals surface area contributed by atoms with Crippen molar-refractivity contribution in [3.8, 4) is 0 Å². The van der Waals surface area contributed by atoms with Crippen LogP contribution >= 0.6 is 0 Å². The van der Waals surface area contributed by atoms with Crippen molar-refractivity contribution in [3.05, 3.63) is 0 Å². The van der Waals surface area contributed by atoms with Gasteiger partial charge in [0.2, 0.25) is 5.91 Å². The highest BCUT2D eigenvalue weighted by atomic mass is 19.3. The SMILES string of the molecule is O=C(CCC1CCNCC1)N1CCN(CC(F)F)CC1. The molecule has 2 fully saturated rings. The molecule has 20 heavy (non-hydrogen) atoms. The number of nitrogens with zero attached hydrogens (tertiary/aromatic N) is 2. The van der Waals surface area contributed by atoms with Crippen LogP contribution in [0.2, 0.25) is 0 Å². The van der Waals surface area contributed by atoms with Crippen LogP contribution in [0.1, 0.15) is 25.7 Å². The quantitative estimate of drug-likeness (QED) is 0.825. The number of carbonyl (C=O) groups excluding carboxylic acids is 1. The minimum atomic E-state index is -2.28. The number of piperidine rings is 1. The van der Waals surface area contributed by atoms with Crippen molar-refractivity contribution in [2.45, 2.75) is 32.1 Å². The van der Waals surface area contributed by atoms with Gasteiger partial charge in [-0.2, -0.15) is 0 Å². The van der Waals surface area contributed by atoms with Crippen molar-refractivity contribution < 1.29 is 13.6 Å². The molecule has 0 saturated carbocycles. The lowest BCUT2D eigenvalue weighted by atomic mass is 9.93. The highest BCUT2D eigenvalue weighted by molar-refractivity contribution is 5.76. The molecule has 0 atom stereocenters. The first-order valence-corrected chi connectivity index (χ1v) is 7.64. The number of amides is 1. The maximum Gasteiger partial charge on any atom is 0.251 e. The predicted octanol–water partition coefficient (Wildman–Crippen LogP) is 1.18. The molecule has 0 aliphatic carbocycles. The third kappa shape index (κ3) is 4.98. The van der Waals surface area contributed by atoms with E-state index in [-0.39, 0.29) is 12.5 Å². The summed E-state index contributed by atoms with van der Waals surface area (Å²) in [7, 11) is 0. The molecule has 2 heterocycles. The maximum atomic E-state index is 12.3. The zero-order valence-electron chi connectivity index (χ0n) is 12.0. The van der Waals surface area contributed by atoms with E-state index in [1.165, 1.54) is 0 Å². The molecule has 0 unspecified atom stereocenters. The second kappa shape index (κ2) is 7.88. The lowest BCUT2D eigenvalue weighted by Crippen LogP contribution is -2.49. The van der Waals surface area contributed by atoms with Crippen molar-refractivity contribution in [1.29, 1.82) is 0 Å². The molecule has 0 spiro atoms. The highest BCUT2D eigenvalue weighted by Crippen LogP contribution is 2.18. The molecule has 1 N–H and O–H groups in total. The van der Waals surface area contributed by atoms with E-state index in [0.29, 0.717) is 38.5 Å². The summed E-state index contributed by atoms with van der Waals surface area (Å²) in [6, 6.07) is 0. The first-order chi connectivity index (χ1) is 9.65. The fraction of sp³-hybridized carbons (Fsp3) is 0.929. The summed E-state index contributed by atoms with van der Waals surface area (Å²) in [5.74, 6) is 0.862. The van der Waals surface area contributed by atoms with Crippen molar-refractivity contribution in [2.24, 2.45) is 5.92 Å². The van der Waals surface area contributed by atoms with Crippen molar-refractivity contribution in [1.82, 2.24) is 15.1 Å². The molecule has 0 radical (unpaired) electrons. The predicted molar refractivity (Wildman–Crippen MR) is 73.9 cm³/mol. The molecule has 0 aromatic carbocycles. The summed E-state index contributed by atoms with van der Waals surface area (Å²) in [6.45, 7) is 4.29. The minimum Gasteiger partial charge on any atom is -0.340 e. The standard InChI is InChI=1S/C14H25F2N3O/c15-13(16)11-18-7-9-19(10-8-18)14(20)2-1-12-3-5-17-6-4-12/h12-13,17H,1-11H2. The number of hydrogen-bond donors (Lipinski definition) is 1. The molecule has 2 saturated heterocycles. The fourth-order valence-electron chi connectivity index (χ4n) is 3.03. The van der Waals surface area contributed by atoms with E-state index in [9.17, 15) is 13.6 Å². The number of halogens is 2. The van der Waals surface area contributed by atoms with E-state index >= 15 is 0 Å². The summed E-state index contributed by atoms with van der Waals surface area (Å²) in [4.78, 5) is 15.7. The number of hydrogen-bond acceptors (Lipinski definition) is 3. The first-order valence-electron chi connectivity index (χ1n) is 7.64. The second-order valence-corrected chi connectivity index (χ2v) is 5.80. The Labute approximate surface area is 119 Å². The van der Waals surface area contributed by atoms with Crippen LogP contribution in [0.15, 0.2) is 0 Å². The van der Waals surface area contributed by atoms with Crippen LogP contribution < -0.4 is 5.32 Å². The van der Waals surface area contributed by atoms with Gasteiger partial charge in [-0.15, -0.1) is 0 Å². The Morgan fingerprint density at radius 3 is 2.40 bits per heavy atom. The molecule has 4 nitrogen and oxygen atoms in total. The fourth-order valence-corrected chi connectivity index (χ4v) is 3.03. The Morgan fingerprint density at radius 1 is 1.15 bits per heavy atom.